The van der Waals surface area contributed by atoms with Crippen LogP contribution in [0.5, 0.6) is 0 Å². The first-order chi connectivity index (χ1) is 11.0. The van der Waals surface area contributed by atoms with Gasteiger partial charge >= 0.3 is 0 Å². The fourth-order valence-electron chi connectivity index (χ4n) is 1.83. The number of nitrogens with one attached hydrogen (secondary N) is 2. The third-order valence-electron chi connectivity index (χ3n) is 3.05. The third kappa shape index (κ3) is 4.59. The van der Waals surface area contributed by atoms with E-state index in [-0.39, 0.29) is 5.57 Å². The molecule has 0 heterocycles. The summed E-state index contributed by atoms with van der Waals surface area (Å²) in [4.78, 5) is 12.1. The zero-order valence-corrected chi connectivity index (χ0v) is 14.0. The van der Waals surface area contributed by atoms with Crippen molar-refractivity contribution in [2.45, 2.75) is 6.92 Å². The third-order valence-corrected chi connectivity index (χ3v) is 3.58. The molecule has 6 heteroatoms. The fourth-order valence-corrected chi connectivity index (χ4v) is 2.09. The molecule has 0 aromatic heterocycles. The number of benzene rings is 2. The van der Waals surface area contributed by atoms with Gasteiger partial charge in [-0.05, 0) is 48.9 Å². The molecular formula is C17H15BrN4O. The summed E-state index contributed by atoms with van der Waals surface area (Å²) in [7, 11) is 0. The van der Waals surface area contributed by atoms with Crippen LogP contribution in [0.3, 0.4) is 0 Å². The molecule has 0 radical (unpaired) electrons. The van der Waals surface area contributed by atoms with E-state index in [2.05, 4.69) is 26.6 Å². The van der Waals surface area contributed by atoms with E-state index in [0.717, 1.165) is 10.0 Å². The van der Waals surface area contributed by atoms with Crippen molar-refractivity contribution < 1.29 is 4.79 Å². The number of hydrogen-bond donors (Lipinski definition) is 3. The Hall–Kier alpha value is -2.78. The topological polar surface area (TPSA) is 90.9 Å². The number of carbonyl (C=O) groups excluding carboxylic acids is 1. The second kappa shape index (κ2) is 7.47. The Kier molecular flexibility index (Phi) is 5.39. The standard InChI is InChI=1S/C17H15BrN4O/c1-11-2-7-15(20)16(8-11)21-10-12(9-19)17(23)22-14-5-3-13(18)4-6-14/h2-8,10,21H,20H2,1H3,(H,22,23)/b12-10-. The Morgan fingerprint density at radius 3 is 2.61 bits per heavy atom. The van der Waals surface area contributed by atoms with Crippen LogP contribution < -0.4 is 16.4 Å². The van der Waals surface area contributed by atoms with E-state index in [1.807, 2.05) is 25.1 Å². The van der Waals surface area contributed by atoms with Crippen LogP contribution >= 0.6 is 15.9 Å². The van der Waals surface area contributed by atoms with Crippen molar-refractivity contribution >= 4 is 38.9 Å². The van der Waals surface area contributed by atoms with Crippen LogP contribution in [0.1, 0.15) is 5.56 Å². The zero-order chi connectivity index (χ0) is 16.8. The highest BCUT2D eigenvalue weighted by Gasteiger charge is 2.09. The Balaban J connectivity index is 2.12. The van der Waals surface area contributed by atoms with E-state index in [4.69, 9.17) is 11.0 Å². The molecular weight excluding hydrogens is 356 g/mol. The van der Waals surface area contributed by atoms with E-state index in [1.165, 1.54) is 6.20 Å². The normalized spacial score (nSPS) is 10.7. The van der Waals surface area contributed by atoms with Crippen LogP contribution in [-0.4, -0.2) is 5.91 Å². The van der Waals surface area contributed by atoms with Gasteiger partial charge in [-0.3, -0.25) is 4.79 Å². The van der Waals surface area contributed by atoms with Crippen LogP contribution in [0.15, 0.2) is 58.7 Å². The van der Waals surface area contributed by atoms with Gasteiger partial charge in [-0.15, -0.1) is 0 Å². The summed E-state index contributed by atoms with van der Waals surface area (Å²) in [5.74, 6) is -0.492. The molecule has 2 aromatic rings. The SMILES string of the molecule is Cc1ccc(N)c(N/C=C(/C#N)C(=O)Nc2ccc(Br)cc2)c1. The highest BCUT2D eigenvalue weighted by Crippen LogP contribution is 2.20. The molecule has 0 aliphatic rings. The van der Waals surface area contributed by atoms with Crippen molar-refractivity contribution in [1.29, 1.82) is 5.26 Å². The van der Waals surface area contributed by atoms with Gasteiger partial charge in [0.05, 0.1) is 11.4 Å². The quantitative estimate of drug-likeness (QED) is 0.433. The van der Waals surface area contributed by atoms with Gasteiger partial charge in [-0.1, -0.05) is 22.0 Å². The summed E-state index contributed by atoms with van der Waals surface area (Å²) in [5, 5.41) is 14.7. The Morgan fingerprint density at radius 1 is 1.26 bits per heavy atom. The number of rotatable bonds is 4. The molecule has 23 heavy (non-hydrogen) atoms. The molecule has 0 unspecified atom stereocenters. The van der Waals surface area contributed by atoms with Crippen molar-refractivity contribution in [3.8, 4) is 6.07 Å². The van der Waals surface area contributed by atoms with Crippen LogP contribution in [0.2, 0.25) is 0 Å². The summed E-state index contributed by atoms with van der Waals surface area (Å²) < 4.78 is 0.906. The number of nitrogen functional groups attached to an aromatic ring is 1. The molecule has 0 bridgehead atoms. The second-order valence-electron chi connectivity index (χ2n) is 4.87. The first-order valence-corrected chi connectivity index (χ1v) is 7.59. The number of nitrogens with zero attached hydrogens (tertiary/aromatic N) is 1. The van der Waals surface area contributed by atoms with Crippen molar-refractivity contribution in [3.63, 3.8) is 0 Å². The largest absolute Gasteiger partial charge is 0.397 e. The molecule has 0 saturated heterocycles. The molecule has 0 aliphatic carbocycles. The van der Waals surface area contributed by atoms with Crippen LogP contribution in [-0.2, 0) is 4.79 Å². The van der Waals surface area contributed by atoms with Gasteiger partial charge in [0.2, 0.25) is 0 Å². The molecule has 2 aromatic carbocycles. The van der Waals surface area contributed by atoms with Crippen LogP contribution in [0.25, 0.3) is 0 Å². The average Bonchev–Trinajstić information content (AvgIpc) is 2.53. The molecule has 0 saturated carbocycles. The summed E-state index contributed by atoms with van der Waals surface area (Å²) >= 11 is 3.32. The van der Waals surface area contributed by atoms with Crippen LogP contribution in [0.4, 0.5) is 17.1 Å². The van der Waals surface area contributed by atoms with Crippen molar-refractivity contribution in [2.75, 3.05) is 16.4 Å². The van der Waals surface area contributed by atoms with Gasteiger partial charge in [0.1, 0.15) is 11.6 Å². The highest BCUT2D eigenvalue weighted by molar-refractivity contribution is 9.10. The van der Waals surface area contributed by atoms with Gasteiger partial charge < -0.3 is 16.4 Å². The molecule has 0 fully saturated rings. The minimum absolute atomic E-state index is 0.0474. The first kappa shape index (κ1) is 16.6. The number of amides is 1. The van der Waals surface area contributed by atoms with Gasteiger partial charge in [-0.25, -0.2) is 0 Å². The van der Waals surface area contributed by atoms with E-state index >= 15 is 0 Å². The lowest BCUT2D eigenvalue weighted by atomic mass is 10.2. The highest BCUT2D eigenvalue weighted by atomic mass is 79.9. The lowest BCUT2D eigenvalue weighted by Crippen LogP contribution is -2.14. The van der Waals surface area contributed by atoms with E-state index < -0.39 is 5.91 Å². The Morgan fingerprint density at radius 2 is 1.96 bits per heavy atom. The van der Waals surface area contributed by atoms with Crippen molar-refractivity contribution in [3.05, 3.63) is 64.3 Å². The van der Waals surface area contributed by atoms with Crippen molar-refractivity contribution in [2.24, 2.45) is 0 Å². The number of carbonyl (C=O) groups is 1. The van der Waals surface area contributed by atoms with E-state index in [9.17, 15) is 4.79 Å². The molecule has 0 aliphatic heterocycles. The van der Waals surface area contributed by atoms with Gasteiger partial charge in [0.15, 0.2) is 0 Å². The Labute approximate surface area is 142 Å². The first-order valence-electron chi connectivity index (χ1n) is 6.79. The van der Waals surface area contributed by atoms with Crippen molar-refractivity contribution in [1.82, 2.24) is 0 Å². The van der Waals surface area contributed by atoms with Gasteiger partial charge in [0.25, 0.3) is 5.91 Å². The average molecular weight is 371 g/mol. The number of halogens is 1. The minimum atomic E-state index is -0.492. The maximum absolute atomic E-state index is 12.1. The van der Waals surface area contributed by atoms with E-state index in [1.54, 1.807) is 30.3 Å². The molecule has 1 amide bonds. The molecule has 2 rings (SSSR count). The maximum atomic E-state index is 12.1. The fraction of sp³-hybridized carbons (Fsp3) is 0.0588. The lowest BCUT2D eigenvalue weighted by Gasteiger charge is -2.08. The van der Waals surface area contributed by atoms with Gasteiger partial charge in [0, 0.05) is 16.4 Å². The second-order valence-corrected chi connectivity index (χ2v) is 5.78. The molecule has 4 N–H and O–H groups in total. The Bertz CT molecular complexity index is 791. The summed E-state index contributed by atoms with van der Waals surface area (Å²) in [6.07, 6.45) is 1.35. The lowest BCUT2D eigenvalue weighted by molar-refractivity contribution is -0.112. The number of hydrogen-bond acceptors (Lipinski definition) is 4. The maximum Gasteiger partial charge on any atom is 0.267 e. The molecule has 0 spiro atoms. The smallest absolute Gasteiger partial charge is 0.267 e. The number of nitrogens with two attached hydrogens (primary N) is 1. The predicted octanol–water partition coefficient (Wildman–Crippen LogP) is 3.80. The summed E-state index contributed by atoms with van der Waals surface area (Å²) in [5.41, 5.74) is 8.62. The summed E-state index contributed by atoms with van der Waals surface area (Å²) in [6.45, 7) is 1.93. The monoisotopic (exact) mass is 370 g/mol. The minimum Gasteiger partial charge on any atom is -0.397 e. The van der Waals surface area contributed by atoms with Gasteiger partial charge in [-0.2, -0.15) is 5.26 Å². The number of anilines is 3. The van der Waals surface area contributed by atoms with Crippen LogP contribution in [0, 0.1) is 18.3 Å². The number of nitriles is 1. The number of aryl methyl sites for hydroxylation is 1. The zero-order valence-electron chi connectivity index (χ0n) is 12.4. The predicted molar refractivity (Wildman–Crippen MR) is 95.7 cm³/mol. The molecule has 0 atom stereocenters. The molecule has 5 nitrogen and oxygen atoms in total. The summed E-state index contributed by atoms with van der Waals surface area (Å²) in [6, 6.07) is 14.4. The van der Waals surface area contributed by atoms with E-state index in [0.29, 0.717) is 17.1 Å². The molecule has 116 valence electrons.